The first-order valence-electron chi connectivity index (χ1n) is 11.6. The van der Waals surface area contributed by atoms with E-state index in [9.17, 15) is 4.79 Å². The van der Waals surface area contributed by atoms with Gasteiger partial charge in [-0.3, -0.25) is 4.79 Å². The van der Waals surface area contributed by atoms with Crippen LogP contribution in [0.15, 0.2) is 23.2 Å². The van der Waals surface area contributed by atoms with E-state index in [0.29, 0.717) is 5.96 Å². The Balaban J connectivity index is 0.00000363. The maximum Gasteiger partial charge on any atom is 0.244 e. The molecule has 0 spiro atoms. The van der Waals surface area contributed by atoms with Crippen LogP contribution in [0.1, 0.15) is 57.4 Å². The van der Waals surface area contributed by atoms with E-state index in [1.54, 1.807) is 14.2 Å². The first-order chi connectivity index (χ1) is 15.1. The Morgan fingerprint density at radius 3 is 2.34 bits per heavy atom. The van der Waals surface area contributed by atoms with Crippen molar-refractivity contribution >= 4 is 35.8 Å². The number of rotatable bonds is 8. The van der Waals surface area contributed by atoms with Crippen molar-refractivity contribution in [3.05, 3.63) is 23.8 Å². The van der Waals surface area contributed by atoms with Crippen molar-refractivity contribution in [3.63, 3.8) is 0 Å². The molecule has 0 bridgehead atoms. The molecule has 1 amide bonds. The molecule has 2 N–H and O–H groups in total. The van der Waals surface area contributed by atoms with Crippen LogP contribution < -0.4 is 20.1 Å². The quantitative estimate of drug-likeness (QED) is 0.289. The summed E-state index contributed by atoms with van der Waals surface area (Å²) in [5, 5.41) is 6.84. The average Bonchev–Trinajstić information content (AvgIpc) is 3.36. The van der Waals surface area contributed by atoms with Crippen molar-refractivity contribution in [1.82, 2.24) is 15.5 Å². The fraction of sp³-hybridized carbons (Fsp3) is 0.667. The SMILES string of the molecule is CCNC(=NCC(=O)N1CCCC1)NCC1(c2ccc(OC)c(OC)c2)CCCCC1.I. The highest BCUT2D eigenvalue weighted by molar-refractivity contribution is 14.0. The number of aliphatic imine (C=N–C) groups is 1. The Bertz CT molecular complexity index is 760. The van der Waals surface area contributed by atoms with Crippen LogP contribution in [0.2, 0.25) is 0 Å². The Morgan fingerprint density at radius 2 is 1.72 bits per heavy atom. The summed E-state index contributed by atoms with van der Waals surface area (Å²) >= 11 is 0. The number of likely N-dealkylation sites (tertiary alicyclic amines) is 1. The van der Waals surface area contributed by atoms with Crippen LogP contribution in [0.4, 0.5) is 0 Å². The number of hydrogen-bond acceptors (Lipinski definition) is 4. The predicted molar refractivity (Wildman–Crippen MR) is 140 cm³/mol. The second kappa shape index (κ2) is 13.1. The van der Waals surface area contributed by atoms with E-state index in [2.05, 4.69) is 27.8 Å². The van der Waals surface area contributed by atoms with Crippen molar-refractivity contribution in [2.45, 2.75) is 57.3 Å². The molecule has 1 saturated carbocycles. The molecule has 1 aromatic rings. The molecule has 3 rings (SSSR count). The minimum absolute atomic E-state index is 0. The van der Waals surface area contributed by atoms with Gasteiger partial charge in [-0.05, 0) is 50.3 Å². The summed E-state index contributed by atoms with van der Waals surface area (Å²) in [6, 6.07) is 6.28. The number of ether oxygens (including phenoxy) is 2. The second-order valence-corrected chi connectivity index (χ2v) is 8.55. The van der Waals surface area contributed by atoms with Gasteiger partial charge in [-0.1, -0.05) is 25.3 Å². The van der Waals surface area contributed by atoms with E-state index in [0.717, 1.165) is 63.4 Å². The third-order valence-corrected chi connectivity index (χ3v) is 6.58. The van der Waals surface area contributed by atoms with E-state index in [1.165, 1.54) is 24.8 Å². The Hall–Kier alpha value is -1.71. The van der Waals surface area contributed by atoms with Crippen LogP contribution in [0.5, 0.6) is 11.5 Å². The largest absolute Gasteiger partial charge is 0.493 e. The number of nitrogens with one attached hydrogen (secondary N) is 2. The molecule has 2 fully saturated rings. The molecule has 0 aromatic heterocycles. The number of hydrogen-bond donors (Lipinski definition) is 2. The summed E-state index contributed by atoms with van der Waals surface area (Å²) in [4.78, 5) is 18.9. The molecule has 180 valence electrons. The number of carbonyl (C=O) groups excluding carboxylic acids is 1. The van der Waals surface area contributed by atoms with Crippen LogP contribution in [0.25, 0.3) is 0 Å². The molecule has 1 heterocycles. The Kier molecular flexibility index (Phi) is 10.9. The fourth-order valence-electron chi connectivity index (χ4n) is 4.77. The van der Waals surface area contributed by atoms with Gasteiger partial charge in [0.15, 0.2) is 17.5 Å². The number of nitrogens with zero attached hydrogens (tertiary/aromatic N) is 2. The zero-order valence-electron chi connectivity index (χ0n) is 19.7. The number of amides is 1. The van der Waals surface area contributed by atoms with Gasteiger partial charge in [0.2, 0.25) is 5.91 Å². The molecule has 32 heavy (non-hydrogen) atoms. The van der Waals surface area contributed by atoms with Crippen molar-refractivity contribution in [2.24, 2.45) is 4.99 Å². The molecule has 1 saturated heterocycles. The minimum Gasteiger partial charge on any atom is -0.493 e. The molecule has 0 atom stereocenters. The van der Waals surface area contributed by atoms with Crippen molar-refractivity contribution in [3.8, 4) is 11.5 Å². The van der Waals surface area contributed by atoms with E-state index in [4.69, 9.17) is 9.47 Å². The number of methoxy groups -OCH3 is 2. The molecule has 1 aliphatic heterocycles. The van der Waals surface area contributed by atoms with Gasteiger partial charge in [-0.25, -0.2) is 4.99 Å². The van der Waals surface area contributed by atoms with Gasteiger partial charge in [-0.2, -0.15) is 0 Å². The molecule has 7 nitrogen and oxygen atoms in total. The third kappa shape index (κ3) is 6.65. The maximum absolute atomic E-state index is 12.4. The summed E-state index contributed by atoms with van der Waals surface area (Å²) in [5.41, 5.74) is 1.27. The van der Waals surface area contributed by atoms with Crippen LogP contribution >= 0.6 is 24.0 Å². The van der Waals surface area contributed by atoms with Crippen LogP contribution in [-0.2, 0) is 10.2 Å². The summed E-state index contributed by atoms with van der Waals surface area (Å²) in [6.45, 7) is 5.49. The van der Waals surface area contributed by atoms with E-state index in [-0.39, 0.29) is 41.8 Å². The first-order valence-corrected chi connectivity index (χ1v) is 11.6. The Labute approximate surface area is 209 Å². The summed E-state index contributed by atoms with van der Waals surface area (Å²) in [5.74, 6) is 2.34. The maximum atomic E-state index is 12.4. The molecule has 1 aromatic carbocycles. The summed E-state index contributed by atoms with van der Waals surface area (Å²) < 4.78 is 11.0. The van der Waals surface area contributed by atoms with Gasteiger partial charge < -0.3 is 25.0 Å². The van der Waals surface area contributed by atoms with E-state index in [1.807, 2.05) is 17.9 Å². The normalized spacial score (nSPS) is 18.0. The van der Waals surface area contributed by atoms with Gasteiger partial charge in [0.25, 0.3) is 0 Å². The van der Waals surface area contributed by atoms with Gasteiger partial charge in [0.05, 0.1) is 14.2 Å². The van der Waals surface area contributed by atoms with Gasteiger partial charge in [-0.15, -0.1) is 24.0 Å². The molecular weight excluding hydrogens is 519 g/mol. The monoisotopic (exact) mass is 558 g/mol. The van der Waals surface area contributed by atoms with E-state index < -0.39 is 0 Å². The van der Waals surface area contributed by atoms with Gasteiger partial charge >= 0.3 is 0 Å². The smallest absolute Gasteiger partial charge is 0.244 e. The zero-order valence-corrected chi connectivity index (χ0v) is 22.1. The Morgan fingerprint density at radius 1 is 1.03 bits per heavy atom. The highest BCUT2D eigenvalue weighted by atomic mass is 127. The van der Waals surface area contributed by atoms with Crippen LogP contribution in [0.3, 0.4) is 0 Å². The molecular formula is C24H39IN4O3. The molecule has 0 unspecified atom stereocenters. The second-order valence-electron chi connectivity index (χ2n) is 8.55. The lowest BCUT2D eigenvalue weighted by atomic mass is 9.69. The average molecular weight is 559 g/mol. The third-order valence-electron chi connectivity index (χ3n) is 6.58. The topological polar surface area (TPSA) is 75.2 Å². The lowest BCUT2D eigenvalue weighted by Gasteiger charge is -2.38. The van der Waals surface area contributed by atoms with Crippen molar-refractivity contribution in [1.29, 1.82) is 0 Å². The van der Waals surface area contributed by atoms with Gasteiger partial charge in [0, 0.05) is 31.6 Å². The number of carbonyl (C=O) groups is 1. The van der Waals surface area contributed by atoms with Crippen molar-refractivity contribution in [2.75, 3.05) is 46.9 Å². The molecule has 8 heteroatoms. The van der Waals surface area contributed by atoms with Crippen molar-refractivity contribution < 1.29 is 14.3 Å². The number of benzene rings is 1. The summed E-state index contributed by atoms with van der Waals surface area (Å²) in [6.07, 6.45) is 8.11. The highest BCUT2D eigenvalue weighted by Gasteiger charge is 2.35. The van der Waals surface area contributed by atoms with Crippen LogP contribution in [-0.4, -0.2) is 63.7 Å². The van der Waals surface area contributed by atoms with Crippen LogP contribution in [0, 0.1) is 0 Å². The predicted octanol–water partition coefficient (Wildman–Crippen LogP) is 3.70. The number of halogens is 1. The molecule has 2 aliphatic rings. The minimum atomic E-state index is 0. The van der Waals surface area contributed by atoms with Gasteiger partial charge in [0.1, 0.15) is 6.54 Å². The molecule has 0 radical (unpaired) electrons. The molecule has 1 aliphatic carbocycles. The van der Waals surface area contributed by atoms with E-state index >= 15 is 0 Å². The standard InChI is InChI=1S/C24H38N4O3.HI/c1-4-25-23(26-17-22(29)28-14-8-9-15-28)27-18-24(12-6-5-7-13-24)19-10-11-20(30-2)21(16-19)31-3;/h10-11,16H,4-9,12-15,17-18H2,1-3H3,(H2,25,26,27);1H. The first kappa shape index (κ1) is 26.5. The number of guanidine groups is 1. The summed E-state index contributed by atoms with van der Waals surface area (Å²) in [7, 11) is 3.35. The lowest BCUT2D eigenvalue weighted by Crippen LogP contribution is -2.47. The fourth-order valence-corrected chi connectivity index (χ4v) is 4.77. The highest BCUT2D eigenvalue weighted by Crippen LogP contribution is 2.42. The lowest BCUT2D eigenvalue weighted by molar-refractivity contribution is -0.128. The zero-order chi connectivity index (χ0) is 22.1.